The normalized spacial score (nSPS) is 3.60. The first-order chi connectivity index (χ1) is 1.91. The van der Waals surface area contributed by atoms with Crippen molar-refractivity contribution in [2.75, 3.05) is 0 Å². The van der Waals surface area contributed by atoms with Gasteiger partial charge in [0.1, 0.15) is 0 Å². The van der Waals surface area contributed by atoms with Crippen molar-refractivity contribution in [1.82, 2.24) is 0 Å². The van der Waals surface area contributed by atoms with Crippen molar-refractivity contribution >= 4 is 0 Å². The Labute approximate surface area is 39.0 Å². The SMILES string of the molecule is C.[N-]=[N+]=[N][Cu]. The predicted octanol–water partition coefficient (Wildman–Crippen LogP) is 1.39. The Hall–Kier alpha value is -0.171. The van der Waals surface area contributed by atoms with Crippen LogP contribution in [-0.2, 0) is 16.2 Å². The molecule has 3 nitrogen and oxygen atoms in total. The predicted molar refractivity (Wildman–Crippen MR) is 15.9 cm³/mol. The molecule has 4 heteroatoms. The van der Waals surface area contributed by atoms with Crippen molar-refractivity contribution < 1.29 is 16.2 Å². The van der Waals surface area contributed by atoms with Crippen LogP contribution in [0.1, 0.15) is 7.43 Å². The van der Waals surface area contributed by atoms with Gasteiger partial charge in [-0.05, 0) is 0 Å². The molecule has 0 fully saturated rings. The van der Waals surface area contributed by atoms with E-state index in [9.17, 15) is 0 Å². The summed E-state index contributed by atoms with van der Waals surface area (Å²) < 4.78 is 2.48. The minimum absolute atomic E-state index is 0. The van der Waals surface area contributed by atoms with E-state index in [0.29, 0.717) is 0 Å². The second-order valence-electron chi connectivity index (χ2n) is 0.150. The molecule has 0 amide bonds. The third kappa shape index (κ3) is 18.6. The Bertz CT molecular complexity index is 44.9. The monoisotopic (exact) mass is 121 g/mol. The van der Waals surface area contributed by atoms with Gasteiger partial charge in [0.15, 0.2) is 0 Å². The zero-order valence-corrected chi connectivity index (χ0v) is 2.58. The zero-order valence-electron chi connectivity index (χ0n) is 1.64. The van der Waals surface area contributed by atoms with Crippen molar-refractivity contribution in [3.63, 3.8) is 0 Å². The molecule has 0 saturated heterocycles. The molecule has 0 aromatic rings. The summed E-state index contributed by atoms with van der Waals surface area (Å²) in [6.07, 6.45) is 0. The molecule has 0 heterocycles. The summed E-state index contributed by atoms with van der Waals surface area (Å²) in [7, 11) is 0. The molecule has 0 radical (unpaired) electrons. The Balaban J connectivity index is 0. The fraction of sp³-hybridized carbons (Fsp3) is 1.00. The van der Waals surface area contributed by atoms with E-state index in [1.807, 2.05) is 0 Å². The first-order valence-electron chi connectivity index (χ1n) is 0.535. The van der Waals surface area contributed by atoms with Crippen LogP contribution in [0.5, 0.6) is 0 Å². The summed E-state index contributed by atoms with van der Waals surface area (Å²) in [5, 5.41) is 0. The van der Waals surface area contributed by atoms with Gasteiger partial charge in [0.05, 0.1) is 0 Å². The van der Waals surface area contributed by atoms with E-state index in [4.69, 9.17) is 5.53 Å². The van der Waals surface area contributed by atoms with Crippen LogP contribution in [0.25, 0.3) is 10.4 Å². The topological polar surface area (TPSA) is 48.8 Å². The van der Waals surface area contributed by atoms with Crippen LogP contribution in [0.2, 0.25) is 0 Å². The van der Waals surface area contributed by atoms with E-state index >= 15 is 0 Å². The molecule has 0 aromatic carbocycles. The molecular weight excluding hydrogens is 118 g/mol. The number of azide groups is 1. The number of hydrogen-bond acceptors (Lipinski definition) is 1. The number of nitrogens with zero attached hydrogens (tertiary/aromatic N) is 3. The average Bonchev–Trinajstić information content (AvgIpc) is 1.37. The first-order valence-corrected chi connectivity index (χ1v) is 0.956. The second kappa shape index (κ2) is 9.16. The molecule has 0 N–H and O–H groups in total. The zero-order chi connectivity index (χ0) is 3.41. The van der Waals surface area contributed by atoms with Gasteiger partial charge in [0.25, 0.3) is 0 Å². The molecule has 0 saturated carbocycles. The van der Waals surface area contributed by atoms with Crippen LogP contribution in [-0.4, -0.2) is 0 Å². The maximum atomic E-state index is 7.22. The molecule has 34 valence electrons. The fourth-order valence-corrected chi connectivity index (χ4v) is 0. The number of rotatable bonds is 0. The van der Waals surface area contributed by atoms with Crippen molar-refractivity contribution in [1.29, 1.82) is 0 Å². The van der Waals surface area contributed by atoms with Crippen molar-refractivity contribution in [2.45, 2.75) is 7.43 Å². The molecule has 0 unspecified atom stereocenters. The van der Waals surface area contributed by atoms with E-state index in [1.165, 1.54) is 0 Å². The van der Waals surface area contributed by atoms with Crippen LogP contribution < -0.4 is 0 Å². The average molecular weight is 122 g/mol. The Kier molecular flexibility index (Phi) is 16.2. The summed E-state index contributed by atoms with van der Waals surface area (Å²) in [6.45, 7) is 0. The fourth-order valence-electron chi connectivity index (χ4n) is 0. The molecule has 0 aliphatic heterocycles. The van der Waals surface area contributed by atoms with Crippen molar-refractivity contribution in [3.8, 4) is 0 Å². The Morgan fingerprint density at radius 2 is 2.00 bits per heavy atom. The third-order valence-corrected chi connectivity index (χ3v) is 0.111. The molecule has 0 aliphatic rings. The van der Waals surface area contributed by atoms with Gasteiger partial charge in [0.2, 0.25) is 0 Å². The van der Waals surface area contributed by atoms with E-state index in [-0.39, 0.29) is 7.43 Å². The molecular formula is CH4CuN3. The minimum atomic E-state index is 0. The van der Waals surface area contributed by atoms with Crippen LogP contribution in [0.3, 0.4) is 0 Å². The van der Waals surface area contributed by atoms with E-state index in [0.717, 1.165) is 0 Å². The van der Waals surface area contributed by atoms with Gasteiger partial charge in [-0.3, -0.25) is 0 Å². The maximum absolute atomic E-state index is 7.22. The Morgan fingerprint density at radius 3 is 2.00 bits per heavy atom. The van der Waals surface area contributed by atoms with Gasteiger partial charge in [-0.1, -0.05) is 7.43 Å². The molecule has 0 bridgehead atoms. The van der Waals surface area contributed by atoms with Crippen molar-refractivity contribution in [3.05, 3.63) is 10.4 Å². The first kappa shape index (κ1) is 8.85. The standard InChI is InChI=1S/CH4.Cu.N3/c;;1-3-2/h1H4;;/q;+1;-1. The molecule has 0 aliphatic carbocycles. The van der Waals surface area contributed by atoms with Crippen LogP contribution in [0.15, 0.2) is 4.13 Å². The summed E-state index contributed by atoms with van der Waals surface area (Å²) in [6, 6.07) is 0. The molecule has 0 spiro atoms. The number of hydrogen-bond donors (Lipinski definition) is 0. The summed E-state index contributed by atoms with van der Waals surface area (Å²) in [5.41, 5.74) is 7.22. The van der Waals surface area contributed by atoms with E-state index in [1.54, 1.807) is 0 Å². The molecule has 0 atom stereocenters. The summed E-state index contributed by atoms with van der Waals surface area (Å²) in [5.74, 6) is 0. The second-order valence-corrected chi connectivity index (χ2v) is 0.338. The summed E-state index contributed by atoms with van der Waals surface area (Å²) >= 11 is 3.88. The van der Waals surface area contributed by atoms with Crippen LogP contribution in [0.4, 0.5) is 0 Å². The van der Waals surface area contributed by atoms with Gasteiger partial charge in [-0.25, -0.2) is 0 Å². The van der Waals surface area contributed by atoms with Gasteiger partial charge in [-0.15, -0.1) is 0 Å². The Morgan fingerprint density at radius 1 is 1.80 bits per heavy atom. The third-order valence-electron chi connectivity index (χ3n) is 0.0270. The van der Waals surface area contributed by atoms with Gasteiger partial charge in [-0.2, -0.15) is 0 Å². The van der Waals surface area contributed by atoms with Gasteiger partial charge in [0, 0.05) is 0 Å². The van der Waals surface area contributed by atoms with Crippen LogP contribution in [0, 0.1) is 0 Å². The molecule has 0 rings (SSSR count). The summed E-state index contributed by atoms with van der Waals surface area (Å²) in [4.78, 5) is 2.17. The quantitative estimate of drug-likeness (QED) is 0.201. The van der Waals surface area contributed by atoms with Gasteiger partial charge < -0.3 is 0 Å². The van der Waals surface area contributed by atoms with Crippen molar-refractivity contribution in [2.24, 2.45) is 4.13 Å². The molecule has 0 aromatic heterocycles. The molecule has 5 heavy (non-hydrogen) atoms. The van der Waals surface area contributed by atoms with Crippen LogP contribution >= 0.6 is 0 Å². The van der Waals surface area contributed by atoms with Gasteiger partial charge >= 0.3 is 30.8 Å². The van der Waals surface area contributed by atoms with E-state index < -0.39 is 0 Å². The van der Waals surface area contributed by atoms with E-state index in [2.05, 4.69) is 25.3 Å².